The van der Waals surface area contributed by atoms with E-state index in [0.717, 1.165) is 23.1 Å². The molecule has 2 heterocycles. The van der Waals surface area contributed by atoms with Gasteiger partial charge in [-0.05, 0) is 42.5 Å². The quantitative estimate of drug-likeness (QED) is 0.207. The fraction of sp³-hybridized carbons (Fsp3) is 0.0476. The number of Topliss-reactive ketones (excluding diaryl/α,β-unsaturated/α-hetero) is 1. The summed E-state index contributed by atoms with van der Waals surface area (Å²) in [5.74, 6) is -3.05. The molecule has 3 aromatic rings. The Morgan fingerprint density at radius 2 is 1.87 bits per heavy atom. The summed E-state index contributed by atoms with van der Waals surface area (Å²) < 4.78 is 19.0. The number of carbonyl (C=O) groups is 2. The minimum absolute atomic E-state index is 0.0947. The lowest BCUT2D eigenvalue weighted by Gasteiger charge is -2.23. The molecule has 0 aliphatic carbocycles. The Labute approximate surface area is 178 Å². The van der Waals surface area contributed by atoms with Gasteiger partial charge in [-0.25, -0.2) is 4.39 Å². The second-order valence-electron chi connectivity index (χ2n) is 6.59. The normalized spacial score (nSPS) is 17.9. The number of hydrogen-bond acceptors (Lipinski definition) is 6. The van der Waals surface area contributed by atoms with Crippen molar-refractivity contribution in [3.63, 3.8) is 0 Å². The van der Waals surface area contributed by atoms with Crippen molar-refractivity contribution in [1.29, 1.82) is 0 Å². The molecule has 1 aliphatic rings. The van der Waals surface area contributed by atoms with Crippen LogP contribution in [0.3, 0.4) is 0 Å². The Morgan fingerprint density at radius 1 is 1.16 bits per heavy atom. The van der Waals surface area contributed by atoms with Gasteiger partial charge in [0.25, 0.3) is 17.4 Å². The third kappa shape index (κ3) is 3.44. The van der Waals surface area contributed by atoms with Crippen LogP contribution < -0.4 is 4.90 Å². The van der Waals surface area contributed by atoms with Gasteiger partial charge in [-0.15, -0.1) is 0 Å². The molecule has 1 fully saturated rings. The second-order valence-corrected chi connectivity index (χ2v) is 6.99. The van der Waals surface area contributed by atoms with Crippen molar-refractivity contribution in [2.24, 2.45) is 0 Å². The first kappa shape index (κ1) is 20.3. The van der Waals surface area contributed by atoms with Crippen LogP contribution in [0.2, 0.25) is 5.02 Å². The molecule has 2 aromatic carbocycles. The van der Waals surface area contributed by atoms with E-state index in [9.17, 15) is 29.2 Å². The topological polar surface area (TPSA) is 114 Å². The summed E-state index contributed by atoms with van der Waals surface area (Å²) in [6.07, 6.45) is 1.33. The van der Waals surface area contributed by atoms with E-state index < -0.39 is 34.2 Å². The highest BCUT2D eigenvalue weighted by Gasteiger charge is 2.48. The molecule has 1 N–H and O–H groups in total. The summed E-state index contributed by atoms with van der Waals surface area (Å²) in [5.41, 5.74) is -0.273. The van der Waals surface area contributed by atoms with Crippen molar-refractivity contribution in [2.45, 2.75) is 6.04 Å². The highest BCUT2D eigenvalue weighted by molar-refractivity contribution is 6.51. The van der Waals surface area contributed by atoms with Crippen molar-refractivity contribution in [2.75, 3.05) is 4.90 Å². The molecule has 8 nitrogen and oxygen atoms in total. The first-order valence-corrected chi connectivity index (χ1v) is 9.21. The van der Waals surface area contributed by atoms with Crippen LogP contribution in [0.15, 0.2) is 70.9 Å². The molecule has 156 valence electrons. The smallest absolute Gasteiger partial charge is 0.300 e. The Balaban J connectivity index is 1.89. The predicted octanol–water partition coefficient (Wildman–Crippen LogP) is 4.61. The number of amides is 1. The van der Waals surface area contributed by atoms with Gasteiger partial charge in [0.2, 0.25) is 0 Å². The average molecular weight is 443 g/mol. The van der Waals surface area contributed by atoms with Crippen molar-refractivity contribution < 1.29 is 28.4 Å². The zero-order valence-electron chi connectivity index (χ0n) is 15.5. The molecule has 1 amide bonds. The largest absolute Gasteiger partial charge is 0.507 e. The minimum atomic E-state index is -1.16. The van der Waals surface area contributed by atoms with E-state index in [1.807, 2.05) is 0 Å². The minimum Gasteiger partial charge on any atom is -0.507 e. The van der Waals surface area contributed by atoms with Crippen LogP contribution in [0, 0.1) is 15.9 Å². The van der Waals surface area contributed by atoms with E-state index in [-0.39, 0.29) is 33.3 Å². The number of nitro benzene ring substituents is 1. The van der Waals surface area contributed by atoms with Crippen LogP contribution in [0.25, 0.3) is 5.76 Å². The number of non-ortho nitro benzene ring substituents is 1. The zero-order valence-corrected chi connectivity index (χ0v) is 16.2. The van der Waals surface area contributed by atoms with Crippen LogP contribution in [0.4, 0.5) is 15.8 Å². The summed E-state index contributed by atoms with van der Waals surface area (Å²) in [4.78, 5) is 37.0. The van der Waals surface area contributed by atoms with Gasteiger partial charge >= 0.3 is 0 Å². The molecule has 10 heteroatoms. The van der Waals surface area contributed by atoms with Gasteiger partial charge < -0.3 is 9.52 Å². The number of nitrogens with zero attached hydrogens (tertiary/aromatic N) is 2. The second kappa shape index (κ2) is 7.69. The van der Waals surface area contributed by atoms with Gasteiger partial charge in [-0.2, -0.15) is 0 Å². The van der Waals surface area contributed by atoms with Gasteiger partial charge in [0, 0.05) is 23.4 Å². The van der Waals surface area contributed by atoms with E-state index in [1.54, 1.807) is 6.07 Å². The van der Waals surface area contributed by atoms with Crippen LogP contribution in [-0.4, -0.2) is 21.7 Å². The van der Waals surface area contributed by atoms with Gasteiger partial charge in [0.15, 0.2) is 0 Å². The molecule has 0 spiro atoms. The van der Waals surface area contributed by atoms with E-state index >= 15 is 0 Å². The molecule has 1 aliphatic heterocycles. The van der Waals surface area contributed by atoms with Gasteiger partial charge in [0.05, 0.1) is 21.8 Å². The lowest BCUT2D eigenvalue weighted by molar-refractivity contribution is -0.384. The van der Waals surface area contributed by atoms with Crippen molar-refractivity contribution >= 4 is 40.4 Å². The summed E-state index contributed by atoms with van der Waals surface area (Å²) in [6, 6.07) is 10.2. The number of nitro groups is 1. The summed E-state index contributed by atoms with van der Waals surface area (Å²) in [5, 5.41) is 21.5. The number of anilines is 1. The number of rotatable bonds is 4. The summed E-state index contributed by atoms with van der Waals surface area (Å²) in [6.45, 7) is 0. The van der Waals surface area contributed by atoms with Crippen LogP contribution >= 0.6 is 11.6 Å². The molecule has 1 unspecified atom stereocenters. The fourth-order valence-corrected chi connectivity index (χ4v) is 3.52. The first-order valence-electron chi connectivity index (χ1n) is 8.84. The maximum Gasteiger partial charge on any atom is 0.300 e. The lowest BCUT2D eigenvalue weighted by Crippen LogP contribution is -2.29. The van der Waals surface area contributed by atoms with Gasteiger partial charge in [-0.1, -0.05) is 11.6 Å². The Hall–Kier alpha value is -3.98. The average Bonchev–Trinajstić information content (AvgIpc) is 3.37. The molecular weight excluding hydrogens is 431 g/mol. The molecule has 0 radical (unpaired) electrons. The van der Waals surface area contributed by atoms with Crippen LogP contribution in [-0.2, 0) is 9.59 Å². The highest BCUT2D eigenvalue weighted by atomic mass is 35.5. The Kier molecular flexibility index (Phi) is 5.04. The number of ketones is 1. The molecular formula is C21H12ClFN2O6. The summed E-state index contributed by atoms with van der Waals surface area (Å²) >= 11 is 5.85. The van der Waals surface area contributed by atoms with E-state index in [4.69, 9.17) is 16.0 Å². The fourth-order valence-electron chi connectivity index (χ4n) is 3.35. The SMILES string of the molecule is O=C1C(=O)N(c2ccc(F)c(Cl)c2)C(c2ccco2)/C1=C(/O)c1ccc([N+](=O)[O-])cc1. The number of halogens is 2. The predicted molar refractivity (Wildman–Crippen MR) is 108 cm³/mol. The van der Waals surface area contributed by atoms with Gasteiger partial charge in [-0.3, -0.25) is 24.6 Å². The van der Waals surface area contributed by atoms with Crippen molar-refractivity contribution in [3.05, 3.63) is 98.7 Å². The van der Waals surface area contributed by atoms with Crippen molar-refractivity contribution in [1.82, 2.24) is 0 Å². The maximum atomic E-state index is 13.6. The first-order chi connectivity index (χ1) is 14.8. The van der Waals surface area contributed by atoms with Crippen LogP contribution in [0.5, 0.6) is 0 Å². The molecule has 4 rings (SSSR count). The number of aliphatic hydroxyl groups is 1. The number of furan rings is 1. The van der Waals surface area contributed by atoms with Crippen LogP contribution in [0.1, 0.15) is 17.4 Å². The van der Waals surface area contributed by atoms with E-state index in [2.05, 4.69) is 0 Å². The van der Waals surface area contributed by atoms with E-state index in [0.29, 0.717) is 0 Å². The number of carbonyl (C=O) groups excluding carboxylic acids is 2. The van der Waals surface area contributed by atoms with Crippen molar-refractivity contribution in [3.8, 4) is 0 Å². The molecule has 1 saturated heterocycles. The molecule has 31 heavy (non-hydrogen) atoms. The number of aliphatic hydroxyl groups excluding tert-OH is 1. The third-order valence-electron chi connectivity index (χ3n) is 4.79. The number of benzene rings is 2. The monoisotopic (exact) mass is 442 g/mol. The summed E-state index contributed by atoms with van der Waals surface area (Å²) in [7, 11) is 0. The molecule has 0 saturated carbocycles. The third-order valence-corrected chi connectivity index (χ3v) is 5.08. The Morgan fingerprint density at radius 3 is 2.45 bits per heavy atom. The maximum absolute atomic E-state index is 13.6. The molecule has 1 aromatic heterocycles. The van der Waals surface area contributed by atoms with Gasteiger partial charge in [0.1, 0.15) is 23.4 Å². The zero-order chi connectivity index (χ0) is 22.3. The lowest BCUT2D eigenvalue weighted by atomic mass is 9.99. The van der Waals surface area contributed by atoms with E-state index in [1.165, 1.54) is 36.6 Å². The molecule has 1 atom stereocenters. The number of hydrogen-bond donors (Lipinski definition) is 1. The highest BCUT2D eigenvalue weighted by Crippen LogP contribution is 2.43. The standard InChI is InChI=1S/C21H12ClFN2O6/c22-14-10-13(7-8-15(14)23)24-18(16-2-1-9-31-16)17(20(27)21(24)28)19(26)11-3-5-12(6-4-11)25(29)30/h1-10,18,26H/b19-17-. The Bertz CT molecular complexity index is 1240. The molecule has 0 bridgehead atoms.